The molecule has 0 spiro atoms. The molecule has 5 aromatic rings. The van der Waals surface area contributed by atoms with Crippen molar-refractivity contribution < 1.29 is 4.39 Å². The fourth-order valence-corrected chi connectivity index (χ4v) is 4.10. The molecule has 0 unspecified atom stereocenters. The van der Waals surface area contributed by atoms with E-state index in [0.29, 0.717) is 17.7 Å². The van der Waals surface area contributed by atoms with Crippen LogP contribution >= 0.6 is 11.6 Å². The van der Waals surface area contributed by atoms with Crippen molar-refractivity contribution in [3.05, 3.63) is 65.3 Å². The first kappa shape index (κ1) is 17.2. The zero-order valence-electron chi connectivity index (χ0n) is 15.5. The second kappa shape index (κ2) is 6.43. The number of H-pyrrole nitrogens is 1. The van der Waals surface area contributed by atoms with E-state index in [1.807, 2.05) is 24.3 Å². The first-order chi connectivity index (χ1) is 14.7. The molecule has 0 saturated heterocycles. The number of aromatic amines is 1. The first-order valence-corrected chi connectivity index (χ1v) is 9.72. The fourth-order valence-electron chi connectivity index (χ4n) is 3.94. The Morgan fingerprint density at radius 1 is 1.00 bits per heavy atom. The summed E-state index contributed by atoms with van der Waals surface area (Å²) in [7, 11) is 0. The number of nitrogens with zero attached hydrogens (tertiary/aromatic N) is 6. The number of anilines is 2. The number of aromatic nitrogens is 6. The van der Waals surface area contributed by atoms with E-state index in [1.54, 1.807) is 18.6 Å². The van der Waals surface area contributed by atoms with Crippen molar-refractivity contribution in [2.24, 2.45) is 0 Å². The van der Waals surface area contributed by atoms with Crippen LogP contribution in [0.25, 0.3) is 33.2 Å². The molecular formula is C21H13ClFN7. The third-order valence-corrected chi connectivity index (χ3v) is 5.69. The molecule has 0 atom stereocenters. The van der Waals surface area contributed by atoms with Crippen molar-refractivity contribution in [2.45, 2.75) is 6.42 Å². The first-order valence-electron chi connectivity index (χ1n) is 9.35. The summed E-state index contributed by atoms with van der Waals surface area (Å²) in [5.74, 6) is 0.363. The molecule has 146 valence electrons. The number of rotatable bonds is 2. The van der Waals surface area contributed by atoms with E-state index in [4.69, 9.17) is 11.6 Å². The van der Waals surface area contributed by atoms with E-state index in [1.165, 1.54) is 6.07 Å². The molecule has 2 aromatic carbocycles. The number of hydrogen-bond donors (Lipinski definition) is 1. The van der Waals surface area contributed by atoms with Crippen LogP contribution in [0, 0.1) is 5.82 Å². The number of halogens is 2. The quantitative estimate of drug-likeness (QED) is 0.457. The molecule has 0 bridgehead atoms. The van der Waals surface area contributed by atoms with Gasteiger partial charge in [0.05, 0.1) is 10.5 Å². The molecule has 0 radical (unpaired) electrons. The summed E-state index contributed by atoms with van der Waals surface area (Å²) in [6.45, 7) is 0.692. The highest BCUT2D eigenvalue weighted by atomic mass is 35.5. The zero-order valence-corrected chi connectivity index (χ0v) is 16.2. The highest BCUT2D eigenvalue weighted by Crippen LogP contribution is 2.39. The maximum Gasteiger partial charge on any atom is 0.175 e. The summed E-state index contributed by atoms with van der Waals surface area (Å²) in [6, 6.07) is 11.1. The van der Waals surface area contributed by atoms with Crippen LogP contribution in [0.5, 0.6) is 0 Å². The number of pyridine rings is 1. The number of nitrogens with one attached hydrogen (secondary N) is 1. The molecule has 4 heterocycles. The number of benzene rings is 2. The van der Waals surface area contributed by atoms with Crippen molar-refractivity contribution in [1.82, 2.24) is 30.4 Å². The molecule has 0 aliphatic carbocycles. The minimum atomic E-state index is -0.400. The van der Waals surface area contributed by atoms with Gasteiger partial charge in [-0.3, -0.25) is 0 Å². The standard InChI is InChI=1S/C21H13ClFN7/c22-15-8-19-12(6-16(15)23)3-4-30(19)21-14-5-11(1-2-17(14)25-10-26-21)13-7-18-20(24-9-13)28-29-27-18/h1-2,5-10H,3-4H2,(H,24,27,28,29). The van der Waals surface area contributed by atoms with Crippen molar-refractivity contribution in [3.63, 3.8) is 0 Å². The molecule has 30 heavy (non-hydrogen) atoms. The third kappa shape index (κ3) is 2.61. The molecule has 6 rings (SSSR count). The lowest BCUT2D eigenvalue weighted by Crippen LogP contribution is -2.15. The summed E-state index contributed by atoms with van der Waals surface area (Å²) in [5, 5.41) is 11.6. The highest BCUT2D eigenvalue weighted by Gasteiger charge is 2.25. The van der Waals surface area contributed by atoms with Crippen molar-refractivity contribution in [2.75, 3.05) is 11.4 Å². The Kier molecular flexibility index (Phi) is 3.69. The van der Waals surface area contributed by atoms with Gasteiger partial charge in [-0.1, -0.05) is 22.9 Å². The van der Waals surface area contributed by atoms with Gasteiger partial charge in [-0.25, -0.2) is 24.4 Å². The lowest BCUT2D eigenvalue weighted by Gasteiger charge is -2.20. The Bertz CT molecular complexity index is 1450. The van der Waals surface area contributed by atoms with E-state index in [-0.39, 0.29) is 5.02 Å². The zero-order chi connectivity index (χ0) is 20.2. The average molecular weight is 418 g/mol. The van der Waals surface area contributed by atoms with Crippen LogP contribution in [0.1, 0.15) is 5.56 Å². The van der Waals surface area contributed by atoms with Gasteiger partial charge >= 0.3 is 0 Å². The van der Waals surface area contributed by atoms with Gasteiger partial charge in [0.1, 0.15) is 23.5 Å². The molecule has 0 saturated carbocycles. The van der Waals surface area contributed by atoms with Gasteiger partial charge in [0.15, 0.2) is 5.65 Å². The van der Waals surface area contributed by atoms with Crippen molar-refractivity contribution in [1.29, 1.82) is 0 Å². The summed E-state index contributed by atoms with van der Waals surface area (Å²) in [5.41, 5.74) is 5.83. The van der Waals surface area contributed by atoms with Gasteiger partial charge in [0, 0.05) is 29.4 Å². The second-order valence-corrected chi connectivity index (χ2v) is 7.54. The molecule has 1 N–H and O–H groups in total. The number of hydrogen-bond acceptors (Lipinski definition) is 6. The average Bonchev–Trinajstić information content (AvgIpc) is 3.39. The molecule has 1 aliphatic heterocycles. The highest BCUT2D eigenvalue weighted by molar-refractivity contribution is 6.31. The van der Waals surface area contributed by atoms with Gasteiger partial charge in [0.25, 0.3) is 0 Å². The Morgan fingerprint density at radius 3 is 2.87 bits per heavy atom. The van der Waals surface area contributed by atoms with E-state index < -0.39 is 5.82 Å². The Labute approximate surface area is 174 Å². The Morgan fingerprint density at radius 2 is 1.93 bits per heavy atom. The van der Waals surface area contributed by atoms with Gasteiger partial charge in [-0.2, -0.15) is 0 Å². The van der Waals surface area contributed by atoms with Crippen LogP contribution in [0.4, 0.5) is 15.9 Å². The third-order valence-electron chi connectivity index (χ3n) is 5.40. The van der Waals surface area contributed by atoms with E-state index in [2.05, 4.69) is 35.3 Å². The van der Waals surface area contributed by atoms with Crippen LogP contribution in [0.2, 0.25) is 5.02 Å². The van der Waals surface area contributed by atoms with Crippen molar-refractivity contribution in [3.8, 4) is 11.1 Å². The molecule has 0 fully saturated rings. The molecular weight excluding hydrogens is 405 g/mol. The lowest BCUT2D eigenvalue weighted by atomic mass is 10.0. The largest absolute Gasteiger partial charge is 0.325 e. The van der Waals surface area contributed by atoms with E-state index in [9.17, 15) is 4.39 Å². The fraction of sp³-hybridized carbons (Fsp3) is 0.0952. The van der Waals surface area contributed by atoms with Gasteiger partial charge < -0.3 is 4.90 Å². The lowest BCUT2D eigenvalue weighted by molar-refractivity contribution is 0.627. The minimum absolute atomic E-state index is 0.103. The van der Waals surface area contributed by atoms with E-state index in [0.717, 1.165) is 45.5 Å². The maximum absolute atomic E-state index is 13.9. The molecule has 0 amide bonds. The van der Waals surface area contributed by atoms with Crippen molar-refractivity contribution >= 4 is 45.2 Å². The van der Waals surface area contributed by atoms with Crippen LogP contribution in [0.3, 0.4) is 0 Å². The predicted octanol–water partition coefficient (Wildman–Crippen LogP) is 4.45. The molecule has 1 aliphatic rings. The summed E-state index contributed by atoms with van der Waals surface area (Å²) < 4.78 is 13.9. The predicted molar refractivity (Wildman–Crippen MR) is 112 cm³/mol. The summed E-state index contributed by atoms with van der Waals surface area (Å²) in [4.78, 5) is 15.4. The summed E-state index contributed by atoms with van der Waals surface area (Å²) in [6.07, 6.45) is 4.05. The van der Waals surface area contributed by atoms with Gasteiger partial charge in [0.2, 0.25) is 0 Å². The summed E-state index contributed by atoms with van der Waals surface area (Å²) >= 11 is 6.05. The smallest absolute Gasteiger partial charge is 0.175 e. The van der Waals surface area contributed by atoms with Crippen LogP contribution < -0.4 is 4.90 Å². The van der Waals surface area contributed by atoms with E-state index >= 15 is 0 Å². The molecule has 9 heteroatoms. The van der Waals surface area contributed by atoms with Gasteiger partial charge in [-0.05, 0) is 47.9 Å². The Balaban J connectivity index is 1.51. The normalized spacial score (nSPS) is 13.3. The van der Waals surface area contributed by atoms with Crippen LogP contribution in [0.15, 0.2) is 48.9 Å². The minimum Gasteiger partial charge on any atom is -0.325 e. The number of fused-ring (bicyclic) bond motifs is 3. The van der Waals surface area contributed by atoms with Gasteiger partial charge in [-0.15, -0.1) is 5.10 Å². The topological polar surface area (TPSA) is 83.5 Å². The SMILES string of the molecule is Fc1cc2c(cc1Cl)N(c1ncnc3ccc(-c4cnc5[nH]nnc5c4)cc13)CC2. The maximum atomic E-state index is 13.9. The molecule has 7 nitrogen and oxygen atoms in total. The molecule has 3 aromatic heterocycles. The van der Waals surface area contributed by atoms with Crippen LogP contribution in [-0.2, 0) is 6.42 Å². The monoisotopic (exact) mass is 417 g/mol. The van der Waals surface area contributed by atoms with Crippen LogP contribution in [-0.4, -0.2) is 36.9 Å². The Hall–Kier alpha value is -3.65. The second-order valence-electron chi connectivity index (χ2n) is 7.13.